The minimum Gasteiger partial charge on any atom is -0.476 e. The summed E-state index contributed by atoms with van der Waals surface area (Å²) in [7, 11) is 0. The molecule has 1 fully saturated rings. The summed E-state index contributed by atoms with van der Waals surface area (Å²) in [4.78, 5) is 28.6. The van der Waals surface area contributed by atoms with Crippen molar-refractivity contribution in [2.24, 2.45) is 5.92 Å². The lowest BCUT2D eigenvalue weighted by molar-refractivity contribution is 0.0476. The summed E-state index contributed by atoms with van der Waals surface area (Å²) in [6, 6.07) is -0.564. The van der Waals surface area contributed by atoms with Gasteiger partial charge in [0.05, 0.1) is 12.1 Å². The first-order valence-corrected chi connectivity index (χ1v) is 7.68. The van der Waals surface area contributed by atoms with Crippen molar-refractivity contribution in [3.05, 3.63) is 16.1 Å². The predicted octanol–water partition coefficient (Wildman–Crippen LogP) is 1.31. The number of carboxylic acids is 1. The van der Waals surface area contributed by atoms with Gasteiger partial charge in [-0.1, -0.05) is 6.92 Å². The molecule has 1 aliphatic rings. The summed E-state index contributed by atoms with van der Waals surface area (Å²) < 4.78 is 0. The van der Waals surface area contributed by atoms with Gasteiger partial charge in [-0.25, -0.2) is 14.6 Å². The Morgan fingerprint density at radius 3 is 2.86 bits per heavy atom. The van der Waals surface area contributed by atoms with Crippen LogP contribution < -0.4 is 5.32 Å². The fourth-order valence-corrected chi connectivity index (χ4v) is 3.04. The van der Waals surface area contributed by atoms with Crippen molar-refractivity contribution in [2.45, 2.75) is 32.4 Å². The van der Waals surface area contributed by atoms with E-state index in [1.807, 2.05) is 6.92 Å². The number of aliphatic hydroxyl groups is 1. The van der Waals surface area contributed by atoms with E-state index in [0.717, 1.165) is 0 Å². The highest BCUT2D eigenvalue weighted by Gasteiger charge is 2.28. The number of piperidine rings is 1. The number of amides is 2. The average molecular weight is 313 g/mol. The van der Waals surface area contributed by atoms with Crippen LogP contribution in [0.15, 0.2) is 5.38 Å². The number of aliphatic hydroxyl groups excluding tert-OH is 1. The zero-order valence-corrected chi connectivity index (χ0v) is 12.8. The number of hydrogen-bond acceptors (Lipinski definition) is 5. The number of carbonyl (C=O) groups excluding carboxylic acids is 1. The van der Waals surface area contributed by atoms with Crippen LogP contribution in [0.2, 0.25) is 0 Å². The quantitative estimate of drug-likeness (QED) is 0.781. The SMILES string of the molecule is CC(NC(=O)N1CCC(O)C(C)C1)c1nc(C(=O)O)cs1. The maximum Gasteiger partial charge on any atom is 0.355 e. The van der Waals surface area contributed by atoms with E-state index in [9.17, 15) is 14.7 Å². The molecule has 0 saturated carbocycles. The highest BCUT2D eigenvalue weighted by molar-refractivity contribution is 7.09. The average Bonchev–Trinajstić information content (AvgIpc) is 2.91. The van der Waals surface area contributed by atoms with Gasteiger partial charge in [0.1, 0.15) is 5.01 Å². The Morgan fingerprint density at radius 1 is 1.57 bits per heavy atom. The van der Waals surface area contributed by atoms with Gasteiger partial charge in [-0.15, -0.1) is 11.3 Å². The van der Waals surface area contributed by atoms with E-state index in [1.54, 1.807) is 11.8 Å². The number of thiazole rings is 1. The number of aromatic carboxylic acids is 1. The number of carbonyl (C=O) groups is 2. The van der Waals surface area contributed by atoms with E-state index in [2.05, 4.69) is 10.3 Å². The summed E-state index contributed by atoms with van der Waals surface area (Å²) in [6.45, 7) is 4.71. The Hall–Kier alpha value is -1.67. The van der Waals surface area contributed by atoms with Crippen LogP contribution in [0.4, 0.5) is 4.79 Å². The van der Waals surface area contributed by atoms with Crippen LogP contribution in [0.3, 0.4) is 0 Å². The fourth-order valence-electron chi connectivity index (χ4n) is 2.24. The molecule has 2 amide bonds. The van der Waals surface area contributed by atoms with Crippen LogP contribution in [0, 0.1) is 5.92 Å². The van der Waals surface area contributed by atoms with Crippen molar-refractivity contribution >= 4 is 23.3 Å². The third-order valence-electron chi connectivity index (χ3n) is 3.60. The van der Waals surface area contributed by atoms with Gasteiger partial charge in [0.15, 0.2) is 5.69 Å². The monoisotopic (exact) mass is 313 g/mol. The van der Waals surface area contributed by atoms with E-state index in [-0.39, 0.29) is 29.8 Å². The molecule has 21 heavy (non-hydrogen) atoms. The normalized spacial score (nSPS) is 23.7. The van der Waals surface area contributed by atoms with E-state index in [4.69, 9.17) is 5.11 Å². The van der Waals surface area contributed by atoms with Gasteiger partial charge in [-0.2, -0.15) is 0 Å². The molecule has 1 aliphatic heterocycles. The van der Waals surface area contributed by atoms with E-state index in [0.29, 0.717) is 24.5 Å². The van der Waals surface area contributed by atoms with E-state index < -0.39 is 5.97 Å². The highest BCUT2D eigenvalue weighted by Crippen LogP contribution is 2.20. The largest absolute Gasteiger partial charge is 0.476 e. The third kappa shape index (κ3) is 3.70. The number of likely N-dealkylation sites (tertiary alicyclic amines) is 1. The van der Waals surface area contributed by atoms with Crippen molar-refractivity contribution < 1.29 is 19.8 Å². The second-order valence-electron chi connectivity index (χ2n) is 5.33. The van der Waals surface area contributed by atoms with Crippen LogP contribution in [0.25, 0.3) is 0 Å². The molecule has 0 radical (unpaired) electrons. The van der Waals surface area contributed by atoms with Gasteiger partial charge in [0.2, 0.25) is 0 Å². The molecule has 1 aromatic heterocycles. The lowest BCUT2D eigenvalue weighted by Crippen LogP contribution is -2.49. The summed E-state index contributed by atoms with van der Waals surface area (Å²) in [5.74, 6) is -1.02. The number of nitrogens with zero attached hydrogens (tertiary/aromatic N) is 2. The first kappa shape index (κ1) is 15.7. The second-order valence-corrected chi connectivity index (χ2v) is 6.22. The maximum atomic E-state index is 12.2. The Morgan fingerprint density at radius 2 is 2.29 bits per heavy atom. The molecule has 0 aromatic carbocycles. The first-order valence-electron chi connectivity index (χ1n) is 6.80. The van der Waals surface area contributed by atoms with Gasteiger partial charge < -0.3 is 20.4 Å². The molecule has 3 atom stereocenters. The van der Waals surface area contributed by atoms with Crippen LogP contribution in [-0.4, -0.2) is 51.3 Å². The molecule has 3 N–H and O–H groups in total. The third-order valence-corrected chi connectivity index (χ3v) is 4.63. The summed E-state index contributed by atoms with van der Waals surface area (Å²) >= 11 is 1.21. The maximum absolute atomic E-state index is 12.2. The Labute approximate surface area is 126 Å². The van der Waals surface area contributed by atoms with Gasteiger partial charge in [0, 0.05) is 18.5 Å². The molecule has 116 valence electrons. The van der Waals surface area contributed by atoms with E-state index >= 15 is 0 Å². The van der Waals surface area contributed by atoms with Gasteiger partial charge >= 0.3 is 12.0 Å². The first-order chi connectivity index (χ1) is 9.88. The molecule has 0 spiro atoms. The van der Waals surface area contributed by atoms with Crippen molar-refractivity contribution in [1.82, 2.24) is 15.2 Å². The number of urea groups is 1. The van der Waals surface area contributed by atoms with Gasteiger partial charge in [-0.05, 0) is 19.3 Å². The molecule has 2 rings (SSSR count). The predicted molar refractivity (Wildman–Crippen MR) is 77.4 cm³/mol. The summed E-state index contributed by atoms with van der Waals surface area (Å²) in [5, 5.41) is 23.3. The topological polar surface area (TPSA) is 103 Å². The second kappa shape index (κ2) is 6.40. The number of nitrogens with one attached hydrogen (secondary N) is 1. The number of aromatic nitrogens is 1. The van der Waals surface area contributed by atoms with Crippen LogP contribution in [-0.2, 0) is 0 Å². The smallest absolute Gasteiger partial charge is 0.355 e. The molecule has 7 nitrogen and oxygen atoms in total. The standard InChI is InChI=1S/C13H19N3O4S/c1-7-5-16(4-3-10(7)17)13(20)14-8(2)11-15-9(6-21-11)12(18)19/h6-8,10,17H,3-5H2,1-2H3,(H,14,20)(H,18,19). The molecular weight excluding hydrogens is 294 g/mol. The number of carboxylic acid groups (broad SMARTS) is 1. The molecule has 3 unspecified atom stereocenters. The van der Waals surface area contributed by atoms with Crippen molar-refractivity contribution in [3.8, 4) is 0 Å². The molecule has 2 heterocycles. The summed E-state index contributed by atoms with van der Waals surface area (Å²) in [6.07, 6.45) is 0.215. The summed E-state index contributed by atoms with van der Waals surface area (Å²) in [5.41, 5.74) is -0.00850. The van der Waals surface area contributed by atoms with Crippen molar-refractivity contribution in [2.75, 3.05) is 13.1 Å². The molecule has 1 saturated heterocycles. The minimum absolute atomic E-state index is 0.00850. The van der Waals surface area contributed by atoms with Crippen LogP contribution in [0.1, 0.15) is 41.8 Å². The van der Waals surface area contributed by atoms with Crippen LogP contribution >= 0.6 is 11.3 Å². The zero-order valence-electron chi connectivity index (χ0n) is 11.9. The van der Waals surface area contributed by atoms with E-state index in [1.165, 1.54) is 16.7 Å². The molecule has 0 bridgehead atoms. The number of hydrogen-bond donors (Lipinski definition) is 3. The Balaban J connectivity index is 1.93. The van der Waals surface area contributed by atoms with Crippen LogP contribution in [0.5, 0.6) is 0 Å². The Bertz CT molecular complexity index is 533. The van der Waals surface area contributed by atoms with Gasteiger partial charge in [-0.3, -0.25) is 0 Å². The fraction of sp³-hybridized carbons (Fsp3) is 0.615. The van der Waals surface area contributed by atoms with Gasteiger partial charge in [0.25, 0.3) is 0 Å². The lowest BCUT2D eigenvalue weighted by atomic mass is 9.97. The molecule has 1 aromatic rings. The minimum atomic E-state index is -1.07. The van der Waals surface area contributed by atoms with Crippen molar-refractivity contribution in [3.63, 3.8) is 0 Å². The molecule has 8 heteroatoms. The molecular formula is C13H19N3O4S. The van der Waals surface area contributed by atoms with Crippen molar-refractivity contribution in [1.29, 1.82) is 0 Å². The zero-order chi connectivity index (χ0) is 15.6. The number of rotatable bonds is 3. The Kier molecular flexibility index (Phi) is 4.79. The lowest BCUT2D eigenvalue weighted by Gasteiger charge is -2.34. The molecule has 0 aliphatic carbocycles. The highest BCUT2D eigenvalue weighted by atomic mass is 32.1.